The van der Waals surface area contributed by atoms with Gasteiger partial charge in [-0.25, -0.2) is 4.98 Å². The summed E-state index contributed by atoms with van der Waals surface area (Å²) in [6.45, 7) is 0. The molecular weight excluding hydrogens is 346 g/mol. The molecular formula is C17H12ClN3O2S. The van der Waals surface area contributed by atoms with Crippen molar-refractivity contribution in [2.24, 2.45) is 5.73 Å². The highest BCUT2D eigenvalue weighted by molar-refractivity contribution is 7.13. The van der Waals surface area contributed by atoms with Gasteiger partial charge in [-0.2, -0.15) is 0 Å². The fourth-order valence-electron chi connectivity index (χ4n) is 2.08. The molecule has 24 heavy (non-hydrogen) atoms. The molecule has 0 saturated carbocycles. The monoisotopic (exact) mass is 357 g/mol. The van der Waals surface area contributed by atoms with Crippen LogP contribution in [0.1, 0.15) is 20.8 Å². The quantitative estimate of drug-likeness (QED) is 0.744. The molecule has 3 N–H and O–H groups in total. The lowest BCUT2D eigenvalue weighted by atomic mass is 10.2. The largest absolute Gasteiger partial charge is 0.366 e. The highest BCUT2D eigenvalue weighted by atomic mass is 35.5. The van der Waals surface area contributed by atoms with E-state index in [9.17, 15) is 9.59 Å². The van der Waals surface area contributed by atoms with Crippen LogP contribution in [0.5, 0.6) is 0 Å². The minimum Gasteiger partial charge on any atom is -0.366 e. The molecule has 0 atom stereocenters. The first-order chi connectivity index (χ1) is 11.5. The molecule has 0 aliphatic heterocycles. The highest BCUT2D eigenvalue weighted by Crippen LogP contribution is 2.26. The van der Waals surface area contributed by atoms with Gasteiger partial charge in [-0.3, -0.25) is 9.59 Å². The van der Waals surface area contributed by atoms with Gasteiger partial charge < -0.3 is 11.1 Å². The third-order valence-electron chi connectivity index (χ3n) is 3.21. The zero-order valence-corrected chi connectivity index (χ0v) is 13.9. The summed E-state index contributed by atoms with van der Waals surface area (Å²) in [6, 6.07) is 13.7. The number of hydrogen-bond acceptors (Lipinski definition) is 4. The summed E-state index contributed by atoms with van der Waals surface area (Å²) in [4.78, 5) is 27.8. The van der Waals surface area contributed by atoms with Gasteiger partial charge in [0.25, 0.3) is 5.91 Å². The predicted molar refractivity (Wildman–Crippen MR) is 95.5 cm³/mol. The van der Waals surface area contributed by atoms with Crippen LogP contribution in [0, 0.1) is 0 Å². The van der Waals surface area contributed by atoms with Gasteiger partial charge >= 0.3 is 0 Å². The van der Waals surface area contributed by atoms with Crippen molar-refractivity contribution >= 4 is 40.4 Å². The smallest absolute Gasteiger partial charge is 0.275 e. The predicted octanol–water partition coefficient (Wildman–Crippen LogP) is 3.81. The van der Waals surface area contributed by atoms with Crippen molar-refractivity contribution in [3.63, 3.8) is 0 Å². The summed E-state index contributed by atoms with van der Waals surface area (Å²) >= 11 is 7.33. The standard InChI is InChI=1S/C17H12ClN3O2S/c18-12-5-1-4-11(7-12)17-21-14(9-24-17)16(23)20-13-6-2-3-10(8-13)15(19)22/h1-9H,(H2,19,22)(H,20,23). The molecule has 3 rings (SSSR count). The number of thiazole rings is 1. The summed E-state index contributed by atoms with van der Waals surface area (Å²) in [7, 11) is 0. The Morgan fingerprint density at radius 2 is 1.92 bits per heavy atom. The maximum absolute atomic E-state index is 12.3. The van der Waals surface area contributed by atoms with Gasteiger partial charge in [-0.05, 0) is 30.3 Å². The van der Waals surface area contributed by atoms with Crippen LogP contribution >= 0.6 is 22.9 Å². The van der Waals surface area contributed by atoms with Gasteiger partial charge in [0.05, 0.1) is 0 Å². The zero-order valence-electron chi connectivity index (χ0n) is 12.3. The molecule has 2 aromatic carbocycles. The fourth-order valence-corrected chi connectivity index (χ4v) is 3.06. The molecule has 0 aliphatic carbocycles. The van der Waals surface area contributed by atoms with Crippen molar-refractivity contribution < 1.29 is 9.59 Å². The summed E-state index contributed by atoms with van der Waals surface area (Å²) in [6.07, 6.45) is 0. The van der Waals surface area contributed by atoms with Gasteiger partial charge in [0, 0.05) is 27.2 Å². The average Bonchev–Trinajstić information content (AvgIpc) is 3.05. The summed E-state index contributed by atoms with van der Waals surface area (Å²) in [5.41, 5.74) is 7.18. The number of nitrogens with one attached hydrogen (secondary N) is 1. The van der Waals surface area contributed by atoms with Crippen LogP contribution in [0.3, 0.4) is 0 Å². The second-order valence-electron chi connectivity index (χ2n) is 4.95. The van der Waals surface area contributed by atoms with Crippen molar-refractivity contribution in [3.05, 3.63) is 70.2 Å². The van der Waals surface area contributed by atoms with E-state index in [-0.39, 0.29) is 5.91 Å². The van der Waals surface area contributed by atoms with E-state index < -0.39 is 5.91 Å². The van der Waals surface area contributed by atoms with Crippen LogP contribution in [0.25, 0.3) is 10.6 Å². The van der Waals surface area contributed by atoms with Crippen LogP contribution in [0.15, 0.2) is 53.9 Å². The summed E-state index contributed by atoms with van der Waals surface area (Å²) in [5, 5.41) is 5.68. The number of hydrogen-bond donors (Lipinski definition) is 2. The molecule has 0 bridgehead atoms. The van der Waals surface area contributed by atoms with Gasteiger partial charge in [-0.1, -0.05) is 29.8 Å². The second kappa shape index (κ2) is 6.82. The third-order valence-corrected chi connectivity index (χ3v) is 4.34. The van der Waals surface area contributed by atoms with Crippen molar-refractivity contribution in [2.75, 3.05) is 5.32 Å². The summed E-state index contributed by atoms with van der Waals surface area (Å²) in [5.74, 6) is -0.913. The Bertz CT molecular complexity index is 923. The van der Waals surface area contributed by atoms with Crippen molar-refractivity contribution in [1.82, 2.24) is 4.98 Å². The van der Waals surface area contributed by atoms with Gasteiger partial charge in [-0.15, -0.1) is 11.3 Å². The van der Waals surface area contributed by atoms with Crippen molar-refractivity contribution in [3.8, 4) is 10.6 Å². The Balaban J connectivity index is 1.79. The molecule has 0 spiro atoms. The van der Waals surface area contributed by atoms with Crippen LogP contribution in [-0.4, -0.2) is 16.8 Å². The molecule has 3 aromatic rings. The van der Waals surface area contributed by atoms with Crippen LogP contribution in [0.2, 0.25) is 5.02 Å². The number of benzene rings is 2. The normalized spacial score (nSPS) is 10.4. The molecule has 1 aromatic heterocycles. The van der Waals surface area contributed by atoms with Crippen LogP contribution in [0.4, 0.5) is 5.69 Å². The van der Waals surface area contributed by atoms with E-state index in [1.54, 1.807) is 35.7 Å². The number of primary amides is 1. The van der Waals surface area contributed by atoms with E-state index in [2.05, 4.69) is 10.3 Å². The first-order valence-electron chi connectivity index (χ1n) is 6.95. The van der Waals surface area contributed by atoms with Crippen LogP contribution in [-0.2, 0) is 0 Å². The lowest BCUT2D eigenvalue weighted by Crippen LogP contribution is -2.14. The van der Waals surface area contributed by atoms with Crippen LogP contribution < -0.4 is 11.1 Å². The average molecular weight is 358 g/mol. The molecule has 5 nitrogen and oxygen atoms in total. The Labute approximate surface area is 147 Å². The third kappa shape index (κ3) is 3.61. The first-order valence-corrected chi connectivity index (χ1v) is 8.21. The highest BCUT2D eigenvalue weighted by Gasteiger charge is 2.13. The van der Waals surface area contributed by atoms with E-state index in [1.807, 2.05) is 12.1 Å². The number of carbonyl (C=O) groups excluding carboxylic acids is 2. The Morgan fingerprint density at radius 3 is 2.67 bits per heavy atom. The number of nitrogens with two attached hydrogens (primary N) is 1. The van der Waals surface area contributed by atoms with E-state index in [1.165, 1.54) is 17.4 Å². The topological polar surface area (TPSA) is 85.1 Å². The summed E-state index contributed by atoms with van der Waals surface area (Å²) < 4.78 is 0. The van der Waals surface area contributed by atoms with E-state index in [0.717, 1.165) is 5.56 Å². The fraction of sp³-hybridized carbons (Fsp3) is 0. The molecule has 0 aliphatic rings. The number of amides is 2. The molecule has 0 radical (unpaired) electrons. The first kappa shape index (κ1) is 16.2. The number of carbonyl (C=O) groups is 2. The molecule has 1 heterocycles. The van der Waals surface area contributed by atoms with Gasteiger partial charge in [0.2, 0.25) is 5.91 Å². The molecule has 120 valence electrons. The maximum Gasteiger partial charge on any atom is 0.275 e. The number of rotatable bonds is 4. The molecule has 0 unspecified atom stereocenters. The van der Waals surface area contributed by atoms with Gasteiger partial charge in [0.1, 0.15) is 10.7 Å². The molecule has 0 saturated heterocycles. The Kier molecular flexibility index (Phi) is 4.59. The Hall–Kier alpha value is -2.70. The number of nitrogens with zero attached hydrogens (tertiary/aromatic N) is 1. The zero-order chi connectivity index (χ0) is 17.1. The van der Waals surface area contributed by atoms with Crippen molar-refractivity contribution in [2.45, 2.75) is 0 Å². The minimum absolute atomic E-state index is 0.291. The SMILES string of the molecule is NC(=O)c1cccc(NC(=O)c2csc(-c3cccc(Cl)c3)n2)c1. The van der Waals surface area contributed by atoms with Gasteiger partial charge in [0.15, 0.2) is 0 Å². The molecule has 7 heteroatoms. The number of anilines is 1. The number of aromatic nitrogens is 1. The van der Waals surface area contributed by atoms with E-state index in [0.29, 0.717) is 27.0 Å². The lowest BCUT2D eigenvalue weighted by molar-refractivity contribution is 0.0995. The van der Waals surface area contributed by atoms with E-state index in [4.69, 9.17) is 17.3 Å². The molecule has 0 fully saturated rings. The maximum atomic E-state index is 12.3. The van der Waals surface area contributed by atoms with E-state index >= 15 is 0 Å². The lowest BCUT2D eigenvalue weighted by Gasteiger charge is -2.04. The minimum atomic E-state index is -0.553. The number of halogens is 1. The Morgan fingerprint density at radius 1 is 1.12 bits per heavy atom. The molecule has 2 amide bonds. The van der Waals surface area contributed by atoms with Crippen molar-refractivity contribution in [1.29, 1.82) is 0 Å². The second-order valence-corrected chi connectivity index (χ2v) is 6.24.